The van der Waals surface area contributed by atoms with Crippen LogP contribution in [-0.4, -0.2) is 48.7 Å². The number of hydrogen-bond donors (Lipinski definition) is 2. The summed E-state index contributed by atoms with van der Waals surface area (Å²) in [4.78, 5) is 4.31. The van der Waals surface area contributed by atoms with E-state index in [1.807, 2.05) is 19.1 Å². The second-order valence-electron chi connectivity index (χ2n) is 5.16. The van der Waals surface area contributed by atoms with Crippen molar-refractivity contribution >= 4 is 11.5 Å². The molecule has 3 N–H and O–H groups in total. The van der Waals surface area contributed by atoms with Crippen LogP contribution in [0.3, 0.4) is 0 Å². The Kier molecular flexibility index (Phi) is 4.79. The van der Waals surface area contributed by atoms with Gasteiger partial charge in [-0.05, 0) is 12.1 Å². The van der Waals surface area contributed by atoms with E-state index in [1.165, 1.54) is 6.07 Å². The average Bonchev–Trinajstić information content (AvgIpc) is 2.48. The zero-order valence-electron chi connectivity index (χ0n) is 11.7. The fourth-order valence-electron chi connectivity index (χ4n) is 2.46. The summed E-state index contributed by atoms with van der Waals surface area (Å²) >= 11 is 0. The largest absolute Gasteiger partial charge is 0.409 e. The zero-order valence-corrected chi connectivity index (χ0v) is 11.7. The third-order valence-corrected chi connectivity index (χ3v) is 3.72. The van der Waals surface area contributed by atoms with Gasteiger partial charge in [0.15, 0.2) is 0 Å². The summed E-state index contributed by atoms with van der Waals surface area (Å²) < 4.78 is 13.7. The second kappa shape index (κ2) is 6.56. The van der Waals surface area contributed by atoms with Crippen LogP contribution in [0.4, 0.5) is 10.1 Å². The highest BCUT2D eigenvalue weighted by Gasteiger charge is 2.21. The maximum atomic E-state index is 13.7. The summed E-state index contributed by atoms with van der Waals surface area (Å²) in [6.07, 6.45) is 0. The van der Waals surface area contributed by atoms with Gasteiger partial charge in [-0.1, -0.05) is 24.2 Å². The fraction of sp³-hybridized carbons (Fsp3) is 0.500. The van der Waals surface area contributed by atoms with E-state index in [4.69, 9.17) is 10.9 Å². The molecular formula is C14H21FN4O. The van der Waals surface area contributed by atoms with Crippen LogP contribution in [0.15, 0.2) is 29.4 Å². The minimum atomic E-state index is -0.175. The first-order chi connectivity index (χ1) is 9.61. The van der Waals surface area contributed by atoms with Crippen LogP contribution in [0.5, 0.6) is 0 Å². The van der Waals surface area contributed by atoms with Gasteiger partial charge in [0.1, 0.15) is 11.7 Å². The lowest BCUT2D eigenvalue weighted by Gasteiger charge is -2.37. The van der Waals surface area contributed by atoms with Crippen LogP contribution in [0.2, 0.25) is 0 Å². The first-order valence-corrected chi connectivity index (χ1v) is 6.81. The number of oxime groups is 1. The van der Waals surface area contributed by atoms with Crippen molar-refractivity contribution in [1.82, 2.24) is 4.90 Å². The number of hydrogen-bond acceptors (Lipinski definition) is 4. The molecular weight excluding hydrogens is 259 g/mol. The van der Waals surface area contributed by atoms with Crippen molar-refractivity contribution in [2.45, 2.75) is 6.92 Å². The van der Waals surface area contributed by atoms with E-state index in [0.29, 0.717) is 5.69 Å². The van der Waals surface area contributed by atoms with E-state index in [9.17, 15) is 4.39 Å². The molecule has 0 radical (unpaired) electrons. The summed E-state index contributed by atoms with van der Waals surface area (Å²) in [5.74, 6) is 0.0903. The number of rotatable bonds is 4. The summed E-state index contributed by atoms with van der Waals surface area (Å²) in [5, 5.41) is 11.7. The lowest BCUT2D eigenvalue weighted by molar-refractivity contribution is 0.240. The molecule has 2 rings (SSSR count). The summed E-state index contributed by atoms with van der Waals surface area (Å²) in [6, 6.07) is 6.85. The van der Waals surface area contributed by atoms with Crippen LogP contribution < -0.4 is 10.6 Å². The summed E-state index contributed by atoms with van der Waals surface area (Å²) in [7, 11) is 0. The molecule has 1 atom stereocenters. The molecule has 0 aliphatic carbocycles. The lowest BCUT2D eigenvalue weighted by Crippen LogP contribution is -2.49. The molecule has 0 amide bonds. The zero-order chi connectivity index (χ0) is 14.5. The van der Waals surface area contributed by atoms with Crippen LogP contribution >= 0.6 is 0 Å². The molecule has 0 bridgehead atoms. The molecule has 6 heteroatoms. The highest BCUT2D eigenvalue weighted by atomic mass is 19.1. The van der Waals surface area contributed by atoms with Crippen molar-refractivity contribution in [3.05, 3.63) is 30.1 Å². The van der Waals surface area contributed by atoms with Crippen LogP contribution in [-0.2, 0) is 0 Å². The van der Waals surface area contributed by atoms with Crippen LogP contribution in [0.25, 0.3) is 0 Å². The molecule has 1 saturated heterocycles. The van der Waals surface area contributed by atoms with Gasteiger partial charge in [-0.15, -0.1) is 0 Å². The molecule has 1 fully saturated rings. The molecule has 1 aliphatic heterocycles. The minimum absolute atomic E-state index is 0.0139. The van der Waals surface area contributed by atoms with E-state index in [-0.39, 0.29) is 17.6 Å². The third-order valence-electron chi connectivity index (χ3n) is 3.72. The number of benzene rings is 1. The molecule has 20 heavy (non-hydrogen) atoms. The molecule has 0 spiro atoms. The van der Waals surface area contributed by atoms with Crippen LogP contribution in [0.1, 0.15) is 6.92 Å². The Morgan fingerprint density at radius 3 is 2.60 bits per heavy atom. The van der Waals surface area contributed by atoms with Gasteiger partial charge in [0, 0.05) is 38.6 Å². The van der Waals surface area contributed by atoms with Crippen molar-refractivity contribution in [2.75, 3.05) is 37.6 Å². The molecule has 0 saturated carbocycles. The molecule has 0 aromatic heterocycles. The quantitative estimate of drug-likeness (QED) is 0.378. The van der Waals surface area contributed by atoms with Crippen molar-refractivity contribution in [3.8, 4) is 0 Å². The minimum Gasteiger partial charge on any atom is -0.409 e. The number of para-hydroxylation sites is 1. The normalized spacial score (nSPS) is 19.1. The molecule has 5 nitrogen and oxygen atoms in total. The van der Waals surface area contributed by atoms with Gasteiger partial charge in [-0.3, -0.25) is 4.90 Å². The highest BCUT2D eigenvalue weighted by Crippen LogP contribution is 2.20. The standard InChI is InChI=1S/C14H21FN4O/c1-11(14(16)17-20)10-18-6-8-19(9-7-18)13-5-3-2-4-12(13)15/h2-5,11,20H,6-10H2,1H3,(H2,16,17). The molecule has 1 aliphatic rings. The Balaban J connectivity index is 1.88. The molecule has 1 aromatic rings. The number of nitrogens with two attached hydrogens (primary N) is 1. The number of piperazine rings is 1. The maximum absolute atomic E-state index is 13.7. The van der Waals surface area contributed by atoms with Crippen molar-refractivity contribution in [3.63, 3.8) is 0 Å². The summed E-state index contributed by atoms with van der Waals surface area (Å²) in [6.45, 7) is 5.93. The van der Waals surface area contributed by atoms with Crippen molar-refractivity contribution in [2.24, 2.45) is 16.8 Å². The molecule has 110 valence electrons. The second-order valence-corrected chi connectivity index (χ2v) is 5.16. The first-order valence-electron chi connectivity index (χ1n) is 6.81. The fourth-order valence-corrected chi connectivity index (χ4v) is 2.46. The maximum Gasteiger partial charge on any atom is 0.146 e. The van der Waals surface area contributed by atoms with E-state index < -0.39 is 0 Å². The van der Waals surface area contributed by atoms with E-state index in [0.717, 1.165) is 32.7 Å². The Bertz CT molecular complexity index is 472. The van der Waals surface area contributed by atoms with Crippen LogP contribution in [0, 0.1) is 11.7 Å². The Labute approximate surface area is 118 Å². The smallest absolute Gasteiger partial charge is 0.146 e. The Hall–Kier alpha value is -1.82. The van der Waals surface area contributed by atoms with Crippen molar-refractivity contribution in [1.29, 1.82) is 0 Å². The Morgan fingerprint density at radius 2 is 2.00 bits per heavy atom. The van der Waals surface area contributed by atoms with Crippen molar-refractivity contribution < 1.29 is 9.60 Å². The molecule has 1 heterocycles. The third kappa shape index (κ3) is 3.39. The van der Waals surface area contributed by atoms with Gasteiger partial charge in [0.2, 0.25) is 0 Å². The van der Waals surface area contributed by atoms with Gasteiger partial charge in [-0.2, -0.15) is 0 Å². The van der Waals surface area contributed by atoms with E-state index >= 15 is 0 Å². The van der Waals surface area contributed by atoms with Gasteiger partial charge in [0.05, 0.1) is 5.69 Å². The number of amidine groups is 1. The monoisotopic (exact) mass is 280 g/mol. The van der Waals surface area contributed by atoms with Gasteiger partial charge < -0.3 is 15.8 Å². The first kappa shape index (κ1) is 14.6. The van der Waals surface area contributed by atoms with E-state index in [1.54, 1.807) is 6.07 Å². The van der Waals surface area contributed by atoms with Gasteiger partial charge in [0.25, 0.3) is 0 Å². The SMILES string of the molecule is CC(CN1CCN(c2ccccc2F)CC1)/C(N)=N/O. The predicted octanol–water partition coefficient (Wildman–Crippen LogP) is 1.33. The molecule has 1 aromatic carbocycles. The van der Waals surface area contributed by atoms with Gasteiger partial charge in [-0.25, -0.2) is 4.39 Å². The lowest BCUT2D eigenvalue weighted by atomic mass is 10.1. The summed E-state index contributed by atoms with van der Waals surface area (Å²) in [5.41, 5.74) is 6.25. The number of nitrogens with zero attached hydrogens (tertiary/aromatic N) is 3. The highest BCUT2D eigenvalue weighted by molar-refractivity contribution is 5.82. The number of halogens is 1. The van der Waals surface area contributed by atoms with E-state index in [2.05, 4.69) is 15.0 Å². The van der Waals surface area contributed by atoms with Gasteiger partial charge >= 0.3 is 0 Å². The number of anilines is 1. The predicted molar refractivity (Wildman–Crippen MR) is 77.6 cm³/mol. The Morgan fingerprint density at radius 1 is 1.35 bits per heavy atom. The average molecular weight is 280 g/mol. The topological polar surface area (TPSA) is 65.1 Å². The molecule has 1 unspecified atom stereocenters.